The number of aryl methyl sites for hydroxylation is 1. The Bertz CT molecular complexity index is 689. The zero-order valence-electron chi connectivity index (χ0n) is 11.5. The number of alkyl halides is 1. The van der Waals surface area contributed by atoms with Crippen LogP contribution in [0.5, 0.6) is 5.75 Å². The van der Waals surface area contributed by atoms with Gasteiger partial charge in [-0.3, -0.25) is 14.4 Å². The molecule has 0 saturated carbocycles. The fourth-order valence-corrected chi connectivity index (χ4v) is 2.92. The number of thiophene rings is 1. The molecule has 0 N–H and O–H groups in total. The fourth-order valence-electron chi connectivity index (χ4n) is 1.95. The average Bonchev–Trinajstić information content (AvgIpc) is 3.09. The van der Waals surface area contributed by atoms with Crippen LogP contribution in [0.4, 0.5) is 5.82 Å². The van der Waals surface area contributed by atoms with E-state index in [1.807, 2.05) is 17.5 Å². The van der Waals surface area contributed by atoms with Crippen molar-refractivity contribution in [1.82, 2.24) is 9.78 Å². The van der Waals surface area contributed by atoms with Crippen LogP contribution < -0.4 is 9.64 Å². The van der Waals surface area contributed by atoms with Crippen molar-refractivity contribution in [3.8, 4) is 11.8 Å². The number of carbonyl (C=O) groups is 1. The first-order valence-corrected chi connectivity index (χ1v) is 7.42. The lowest BCUT2D eigenvalue weighted by atomic mass is 10.3. The van der Waals surface area contributed by atoms with Crippen molar-refractivity contribution in [2.45, 2.75) is 6.54 Å². The molecule has 2 heterocycles. The lowest BCUT2D eigenvalue weighted by Crippen LogP contribution is -2.33. The minimum Gasteiger partial charge on any atom is -0.496 e. The number of hydrogen-bond donors (Lipinski definition) is 0. The summed E-state index contributed by atoms with van der Waals surface area (Å²) in [4.78, 5) is 14.5. The second kappa shape index (κ2) is 6.61. The number of ether oxygens (including phenoxy) is 1. The van der Waals surface area contributed by atoms with Crippen LogP contribution in [0, 0.1) is 11.3 Å². The summed E-state index contributed by atoms with van der Waals surface area (Å²) in [5.41, 5.74) is 0.325. The Hall–Kier alpha value is -2.04. The summed E-state index contributed by atoms with van der Waals surface area (Å²) >= 11 is 7.17. The molecule has 0 atom stereocenters. The van der Waals surface area contributed by atoms with Gasteiger partial charge >= 0.3 is 0 Å². The summed E-state index contributed by atoms with van der Waals surface area (Å²) in [6.45, 7) is 0.278. The van der Waals surface area contributed by atoms with Crippen molar-refractivity contribution >= 4 is 34.7 Å². The van der Waals surface area contributed by atoms with Crippen molar-refractivity contribution in [3.63, 3.8) is 0 Å². The van der Waals surface area contributed by atoms with Crippen LogP contribution in [0.25, 0.3) is 0 Å². The normalized spacial score (nSPS) is 10.2. The predicted octanol–water partition coefficient (Wildman–Crippen LogP) is 2.13. The Labute approximate surface area is 131 Å². The van der Waals surface area contributed by atoms with Crippen molar-refractivity contribution in [1.29, 1.82) is 5.26 Å². The number of methoxy groups -OCH3 is 1. The van der Waals surface area contributed by atoms with Gasteiger partial charge in [-0.15, -0.1) is 22.9 Å². The molecule has 0 saturated heterocycles. The maximum atomic E-state index is 12.2. The summed E-state index contributed by atoms with van der Waals surface area (Å²) < 4.78 is 6.74. The SMILES string of the molecule is COc1ccsc1CN(C(=O)CCl)c1c(C#N)cnn1C. The Balaban J connectivity index is 2.42. The maximum absolute atomic E-state index is 12.2. The zero-order valence-corrected chi connectivity index (χ0v) is 13.1. The molecule has 2 aromatic rings. The molecule has 6 nitrogen and oxygen atoms in total. The molecule has 0 unspecified atom stereocenters. The molecule has 0 aliphatic carbocycles. The molecule has 0 bridgehead atoms. The number of nitriles is 1. The number of amides is 1. The third-order valence-electron chi connectivity index (χ3n) is 2.93. The first kappa shape index (κ1) is 15.4. The second-order valence-corrected chi connectivity index (χ2v) is 5.41. The predicted molar refractivity (Wildman–Crippen MR) is 80.7 cm³/mol. The van der Waals surface area contributed by atoms with Crippen LogP contribution in [0.2, 0.25) is 0 Å². The van der Waals surface area contributed by atoms with Crippen molar-refractivity contribution < 1.29 is 9.53 Å². The molecule has 2 aromatic heterocycles. The number of halogens is 1. The Morgan fingerprint density at radius 2 is 2.43 bits per heavy atom. The van der Waals surface area contributed by atoms with Gasteiger partial charge in [-0.2, -0.15) is 10.4 Å². The Kier molecular flexibility index (Phi) is 4.83. The number of nitrogens with zero attached hydrogens (tertiary/aromatic N) is 4. The average molecular weight is 325 g/mol. The van der Waals surface area contributed by atoms with E-state index < -0.39 is 0 Å². The van der Waals surface area contributed by atoms with Gasteiger partial charge in [-0.05, 0) is 11.4 Å². The molecular weight excluding hydrogens is 312 g/mol. The monoisotopic (exact) mass is 324 g/mol. The summed E-state index contributed by atoms with van der Waals surface area (Å²) in [6.07, 6.45) is 1.43. The van der Waals surface area contributed by atoms with E-state index in [2.05, 4.69) is 5.10 Å². The van der Waals surface area contributed by atoms with Gasteiger partial charge in [-0.1, -0.05) is 0 Å². The standard InChI is InChI=1S/C13H13ClN4O2S/c1-17-13(9(6-15)7-16-17)18(12(19)5-14)8-11-10(20-2)3-4-21-11/h3-4,7H,5,8H2,1-2H3. The smallest absolute Gasteiger partial charge is 0.243 e. The topological polar surface area (TPSA) is 71.2 Å². The van der Waals surface area contributed by atoms with E-state index in [0.29, 0.717) is 17.1 Å². The van der Waals surface area contributed by atoms with Gasteiger partial charge in [0, 0.05) is 7.05 Å². The van der Waals surface area contributed by atoms with Crippen molar-refractivity contribution in [2.75, 3.05) is 17.9 Å². The molecule has 0 fully saturated rings. The highest BCUT2D eigenvalue weighted by atomic mass is 35.5. The highest BCUT2D eigenvalue weighted by Gasteiger charge is 2.24. The number of hydrogen-bond acceptors (Lipinski definition) is 5. The number of carbonyl (C=O) groups excluding carboxylic acids is 1. The minimum absolute atomic E-state index is 0.177. The van der Waals surface area contributed by atoms with Gasteiger partial charge in [0.1, 0.15) is 23.3 Å². The van der Waals surface area contributed by atoms with Crippen LogP contribution in [-0.4, -0.2) is 28.7 Å². The molecular formula is C13H13ClN4O2S. The quantitative estimate of drug-likeness (QED) is 0.790. The number of rotatable bonds is 5. The van der Waals surface area contributed by atoms with E-state index in [-0.39, 0.29) is 18.3 Å². The number of aromatic nitrogens is 2. The third-order valence-corrected chi connectivity index (χ3v) is 4.04. The van der Waals surface area contributed by atoms with Crippen molar-refractivity contribution in [2.24, 2.45) is 7.05 Å². The summed E-state index contributed by atoms with van der Waals surface area (Å²) in [7, 11) is 3.25. The number of anilines is 1. The van der Waals surface area contributed by atoms with E-state index >= 15 is 0 Å². The summed E-state index contributed by atoms with van der Waals surface area (Å²) in [5, 5.41) is 15.1. The minimum atomic E-state index is -0.299. The van der Waals surface area contributed by atoms with E-state index in [1.165, 1.54) is 27.1 Å². The first-order chi connectivity index (χ1) is 10.1. The van der Waals surface area contributed by atoms with Gasteiger partial charge in [0.05, 0.1) is 24.7 Å². The van der Waals surface area contributed by atoms with Gasteiger partial charge < -0.3 is 4.74 Å². The third kappa shape index (κ3) is 3.01. The molecule has 0 radical (unpaired) electrons. The zero-order chi connectivity index (χ0) is 15.4. The molecule has 110 valence electrons. The fraction of sp³-hybridized carbons (Fsp3) is 0.308. The molecule has 2 rings (SSSR count). The van der Waals surface area contributed by atoms with Crippen molar-refractivity contribution in [3.05, 3.63) is 28.1 Å². The van der Waals surface area contributed by atoms with Gasteiger partial charge in [0.15, 0.2) is 5.82 Å². The molecule has 0 spiro atoms. The Morgan fingerprint density at radius 1 is 1.67 bits per heavy atom. The van der Waals surface area contributed by atoms with E-state index in [9.17, 15) is 4.79 Å². The van der Waals surface area contributed by atoms with Gasteiger partial charge in [0.2, 0.25) is 5.91 Å². The van der Waals surface area contributed by atoms with Crippen LogP contribution in [0.15, 0.2) is 17.6 Å². The van der Waals surface area contributed by atoms with Crippen LogP contribution in [0.1, 0.15) is 10.4 Å². The van der Waals surface area contributed by atoms with E-state index in [4.69, 9.17) is 21.6 Å². The first-order valence-electron chi connectivity index (χ1n) is 6.01. The Morgan fingerprint density at radius 3 is 3.05 bits per heavy atom. The molecule has 0 aromatic carbocycles. The van der Waals surface area contributed by atoms with Crippen LogP contribution in [-0.2, 0) is 18.4 Å². The highest BCUT2D eigenvalue weighted by molar-refractivity contribution is 7.10. The van der Waals surface area contributed by atoms with Gasteiger partial charge in [0.25, 0.3) is 0 Å². The largest absolute Gasteiger partial charge is 0.496 e. The summed E-state index contributed by atoms with van der Waals surface area (Å²) in [6, 6.07) is 3.87. The summed E-state index contributed by atoms with van der Waals surface area (Å²) in [5.74, 6) is 0.655. The lowest BCUT2D eigenvalue weighted by Gasteiger charge is -2.22. The van der Waals surface area contributed by atoms with Crippen LogP contribution >= 0.6 is 22.9 Å². The molecule has 8 heteroatoms. The van der Waals surface area contributed by atoms with Crippen LogP contribution in [0.3, 0.4) is 0 Å². The van der Waals surface area contributed by atoms with E-state index in [0.717, 1.165) is 4.88 Å². The van der Waals surface area contributed by atoms with Gasteiger partial charge in [-0.25, -0.2) is 0 Å². The molecule has 0 aliphatic heterocycles. The lowest BCUT2D eigenvalue weighted by molar-refractivity contribution is -0.116. The molecule has 21 heavy (non-hydrogen) atoms. The molecule has 0 aliphatic rings. The molecule has 1 amide bonds. The second-order valence-electron chi connectivity index (χ2n) is 4.14. The maximum Gasteiger partial charge on any atom is 0.243 e. The van der Waals surface area contributed by atoms with E-state index in [1.54, 1.807) is 14.2 Å². The highest BCUT2D eigenvalue weighted by Crippen LogP contribution is 2.29.